The topological polar surface area (TPSA) is 76.1 Å². The number of carbonyl (C=O) groups excluding carboxylic acids is 1. The van der Waals surface area contributed by atoms with Gasteiger partial charge in [0.15, 0.2) is 5.58 Å². The van der Waals surface area contributed by atoms with Gasteiger partial charge in [0.2, 0.25) is 0 Å². The fraction of sp³-hybridized carbons (Fsp3) is 0.182. The fourth-order valence-electron chi connectivity index (χ4n) is 1.28. The molecular formula is C11H8N2O3. The van der Waals surface area contributed by atoms with Gasteiger partial charge >= 0.3 is 11.9 Å². The van der Waals surface area contributed by atoms with Crippen LogP contribution in [0.4, 0.5) is 0 Å². The summed E-state index contributed by atoms with van der Waals surface area (Å²) in [6.07, 6.45) is 0. The number of nitrogens with zero attached hydrogens (tertiary/aromatic N) is 2. The van der Waals surface area contributed by atoms with Crippen LogP contribution in [0.3, 0.4) is 0 Å². The van der Waals surface area contributed by atoms with Gasteiger partial charge in [-0.25, -0.2) is 9.78 Å². The van der Waals surface area contributed by atoms with Gasteiger partial charge in [-0.05, 0) is 25.1 Å². The molecule has 0 aliphatic carbocycles. The molecule has 16 heavy (non-hydrogen) atoms. The molecule has 1 aromatic carbocycles. The smallest absolute Gasteiger partial charge is 0.394 e. The van der Waals surface area contributed by atoms with E-state index in [1.165, 1.54) is 0 Å². The minimum atomic E-state index is -0.600. The van der Waals surface area contributed by atoms with Gasteiger partial charge in [0.05, 0.1) is 18.2 Å². The Hall–Kier alpha value is -2.35. The highest BCUT2D eigenvalue weighted by Gasteiger charge is 2.15. The summed E-state index contributed by atoms with van der Waals surface area (Å²) in [5.74, 6) is -0.691. The minimum Gasteiger partial charge on any atom is -0.459 e. The van der Waals surface area contributed by atoms with Crippen molar-refractivity contribution >= 4 is 17.1 Å². The van der Waals surface area contributed by atoms with Crippen LogP contribution in [0.25, 0.3) is 11.1 Å². The molecule has 0 aliphatic heterocycles. The molecule has 2 rings (SSSR count). The van der Waals surface area contributed by atoms with Crippen LogP contribution in [0.15, 0.2) is 22.6 Å². The van der Waals surface area contributed by atoms with E-state index in [1.54, 1.807) is 25.1 Å². The summed E-state index contributed by atoms with van der Waals surface area (Å²) in [5, 5.41) is 8.70. The average molecular weight is 216 g/mol. The van der Waals surface area contributed by atoms with E-state index in [2.05, 4.69) is 4.98 Å². The van der Waals surface area contributed by atoms with Crippen molar-refractivity contribution in [3.63, 3.8) is 0 Å². The molecule has 0 spiro atoms. The Balaban J connectivity index is 2.44. The lowest BCUT2D eigenvalue weighted by Crippen LogP contribution is -2.04. The van der Waals surface area contributed by atoms with E-state index < -0.39 is 5.97 Å². The maximum atomic E-state index is 11.3. The van der Waals surface area contributed by atoms with Crippen LogP contribution in [0.5, 0.6) is 0 Å². The van der Waals surface area contributed by atoms with Crippen LogP contribution in [-0.2, 0) is 4.74 Å². The highest BCUT2D eigenvalue weighted by Crippen LogP contribution is 2.17. The van der Waals surface area contributed by atoms with Gasteiger partial charge in [0.1, 0.15) is 5.52 Å². The molecule has 0 atom stereocenters. The quantitative estimate of drug-likeness (QED) is 0.716. The number of oxazole rings is 1. The minimum absolute atomic E-state index is 0.0908. The first-order chi connectivity index (χ1) is 7.74. The Morgan fingerprint density at radius 1 is 1.62 bits per heavy atom. The van der Waals surface area contributed by atoms with Crippen LogP contribution >= 0.6 is 0 Å². The maximum Gasteiger partial charge on any atom is 0.394 e. The van der Waals surface area contributed by atoms with Gasteiger partial charge in [0, 0.05) is 0 Å². The molecule has 5 nitrogen and oxygen atoms in total. The zero-order chi connectivity index (χ0) is 11.5. The van der Waals surface area contributed by atoms with Crippen molar-refractivity contribution in [3.05, 3.63) is 29.7 Å². The molecule has 0 amide bonds. The average Bonchev–Trinajstić information content (AvgIpc) is 2.71. The van der Waals surface area contributed by atoms with E-state index in [4.69, 9.17) is 14.4 Å². The second-order valence-electron chi connectivity index (χ2n) is 3.03. The monoisotopic (exact) mass is 216 g/mol. The van der Waals surface area contributed by atoms with Crippen molar-refractivity contribution in [2.75, 3.05) is 6.61 Å². The number of hydrogen-bond donors (Lipinski definition) is 0. The number of ether oxygens (including phenoxy) is 1. The van der Waals surface area contributed by atoms with Crippen LogP contribution in [0.1, 0.15) is 23.2 Å². The largest absolute Gasteiger partial charge is 0.459 e. The molecule has 2 aromatic rings. The van der Waals surface area contributed by atoms with Crippen molar-refractivity contribution in [3.8, 4) is 6.07 Å². The number of aromatic nitrogens is 1. The number of rotatable bonds is 2. The summed E-state index contributed by atoms with van der Waals surface area (Å²) in [5.41, 5.74) is 1.40. The first-order valence-corrected chi connectivity index (χ1v) is 4.72. The first-order valence-electron chi connectivity index (χ1n) is 4.72. The van der Waals surface area contributed by atoms with Gasteiger partial charge < -0.3 is 9.15 Å². The Labute approximate surface area is 91.3 Å². The highest BCUT2D eigenvalue weighted by atomic mass is 16.5. The maximum absolute atomic E-state index is 11.3. The van der Waals surface area contributed by atoms with E-state index in [0.717, 1.165) is 0 Å². The molecule has 1 aromatic heterocycles. The van der Waals surface area contributed by atoms with Gasteiger partial charge in [-0.15, -0.1) is 0 Å². The predicted octanol–water partition coefficient (Wildman–Crippen LogP) is 1.88. The van der Waals surface area contributed by atoms with Gasteiger partial charge in [-0.3, -0.25) is 0 Å². The van der Waals surface area contributed by atoms with Crippen molar-refractivity contribution in [1.29, 1.82) is 5.26 Å². The summed E-state index contributed by atoms with van der Waals surface area (Å²) >= 11 is 0. The highest BCUT2D eigenvalue weighted by molar-refractivity contribution is 5.88. The zero-order valence-corrected chi connectivity index (χ0v) is 8.56. The number of fused-ring (bicyclic) bond motifs is 1. The third kappa shape index (κ3) is 1.73. The normalized spacial score (nSPS) is 10.0. The van der Waals surface area contributed by atoms with E-state index in [-0.39, 0.29) is 12.5 Å². The molecule has 5 heteroatoms. The predicted molar refractivity (Wildman–Crippen MR) is 54.7 cm³/mol. The lowest BCUT2D eigenvalue weighted by molar-refractivity contribution is 0.0483. The van der Waals surface area contributed by atoms with Crippen LogP contribution in [0.2, 0.25) is 0 Å². The third-order valence-corrected chi connectivity index (χ3v) is 1.97. The molecule has 0 saturated heterocycles. The van der Waals surface area contributed by atoms with Crippen molar-refractivity contribution < 1.29 is 13.9 Å². The number of nitriles is 1. The zero-order valence-electron chi connectivity index (χ0n) is 8.56. The van der Waals surface area contributed by atoms with E-state index in [9.17, 15) is 4.79 Å². The van der Waals surface area contributed by atoms with Crippen LogP contribution in [0, 0.1) is 11.3 Å². The van der Waals surface area contributed by atoms with Crippen molar-refractivity contribution in [1.82, 2.24) is 4.98 Å². The number of esters is 1. The van der Waals surface area contributed by atoms with Gasteiger partial charge in [-0.2, -0.15) is 5.26 Å². The second-order valence-corrected chi connectivity index (χ2v) is 3.03. The van der Waals surface area contributed by atoms with Crippen molar-refractivity contribution in [2.45, 2.75) is 6.92 Å². The van der Waals surface area contributed by atoms with E-state index in [1.807, 2.05) is 6.07 Å². The number of carbonyl (C=O) groups is 1. The second kappa shape index (κ2) is 4.03. The molecule has 0 bridgehead atoms. The summed E-state index contributed by atoms with van der Waals surface area (Å²) < 4.78 is 9.94. The Kier molecular flexibility index (Phi) is 2.56. The summed E-state index contributed by atoms with van der Waals surface area (Å²) in [4.78, 5) is 15.3. The van der Waals surface area contributed by atoms with E-state index in [0.29, 0.717) is 16.7 Å². The third-order valence-electron chi connectivity index (χ3n) is 1.97. The lowest BCUT2D eigenvalue weighted by atomic mass is 10.2. The number of benzene rings is 1. The molecule has 0 saturated carbocycles. The molecular weight excluding hydrogens is 208 g/mol. The molecule has 0 N–H and O–H groups in total. The first kappa shape index (κ1) is 10.2. The summed E-state index contributed by atoms with van der Waals surface area (Å²) in [7, 11) is 0. The van der Waals surface area contributed by atoms with Crippen molar-refractivity contribution in [2.24, 2.45) is 0 Å². The fourth-order valence-corrected chi connectivity index (χ4v) is 1.28. The molecule has 0 radical (unpaired) electrons. The lowest BCUT2D eigenvalue weighted by Gasteiger charge is -1.94. The van der Waals surface area contributed by atoms with Gasteiger partial charge in [0.25, 0.3) is 0 Å². The SMILES string of the molecule is CCOC(=O)c1nc2cc(C#N)ccc2o1. The van der Waals surface area contributed by atoms with Gasteiger partial charge in [-0.1, -0.05) is 0 Å². The Morgan fingerprint density at radius 2 is 2.44 bits per heavy atom. The number of hydrogen-bond acceptors (Lipinski definition) is 5. The Morgan fingerprint density at radius 3 is 3.12 bits per heavy atom. The Bertz CT molecular complexity index is 580. The standard InChI is InChI=1S/C11H8N2O3/c1-2-15-11(14)10-13-8-5-7(6-12)3-4-9(8)16-10/h3-5H,2H2,1H3. The van der Waals surface area contributed by atoms with Crippen LogP contribution < -0.4 is 0 Å². The molecule has 0 aliphatic rings. The van der Waals surface area contributed by atoms with Crippen LogP contribution in [-0.4, -0.2) is 17.6 Å². The molecule has 0 unspecified atom stereocenters. The summed E-state index contributed by atoms with van der Waals surface area (Å²) in [6.45, 7) is 1.97. The summed E-state index contributed by atoms with van der Waals surface area (Å²) in [6, 6.07) is 6.74. The molecule has 0 fully saturated rings. The van der Waals surface area contributed by atoms with E-state index >= 15 is 0 Å². The molecule has 1 heterocycles. The molecule has 80 valence electrons.